The Labute approximate surface area is 104 Å². The van der Waals surface area contributed by atoms with E-state index in [0.29, 0.717) is 0 Å². The van der Waals surface area contributed by atoms with Crippen molar-refractivity contribution in [2.45, 2.75) is 19.5 Å². The molecule has 0 aliphatic carbocycles. The minimum atomic E-state index is 0.808. The predicted octanol–water partition coefficient (Wildman–Crippen LogP) is 1.14. The van der Waals surface area contributed by atoms with Crippen molar-refractivity contribution in [3.05, 3.63) is 23.7 Å². The second-order valence-electron chi connectivity index (χ2n) is 4.83. The third-order valence-corrected chi connectivity index (χ3v) is 3.26. The van der Waals surface area contributed by atoms with Crippen LogP contribution in [0.1, 0.15) is 17.9 Å². The lowest BCUT2D eigenvalue weighted by atomic mass is 10.3. The van der Waals surface area contributed by atoms with Gasteiger partial charge in [-0.1, -0.05) is 0 Å². The van der Waals surface area contributed by atoms with E-state index in [2.05, 4.69) is 34.3 Å². The second kappa shape index (κ2) is 6.19. The number of rotatable bonds is 4. The fraction of sp³-hybridized carbons (Fsp3) is 0.692. The highest BCUT2D eigenvalue weighted by Crippen LogP contribution is 2.12. The SMILES string of the molecule is CNCc1ccc(CN2CCCN(C)CC2)o1. The van der Waals surface area contributed by atoms with Crippen LogP contribution in [0.5, 0.6) is 0 Å². The van der Waals surface area contributed by atoms with E-state index in [9.17, 15) is 0 Å². The summed E-state index contributed by atoms with van der Waals surface area (Å²) in [5.74, 6) is 2.11. The molecule has 0 bridgehead atoms. The zero-order valence-corrected chi connectivity index (χ0v) is 10.9. The van der Waals surface area contributed by atoms with Crippen LogP contribution in [0.2, 0.25) is 0 Å². The van der Waals surface area contributed by atoms with Crippen molar-refractivity contribution < 1.29 is 4.42 Å². The van der Waals surface area contributed by atoms with Crippen LogP contribution >= 0.6 is 0 Å². The van der Waals surface area contributed by atoms with E-state index in [1.165, 1.54) is 19.5 Å². The third kappa shape index (κ3) is 3.84. The summed E-state index contributed by atoms with van der Waals surface area (Å²) in [7, 11) is 4.13. The van der Waals surface area contributed by atoms with Crippen LogP contribution < -0.4 is 5.32 Å². The van der Waals surface area contributed by atoms with Crippen molar-refractivity contribution >= 4 is 0 Å². The van der Waals surface area contributed by atoms with Crippen LogP contribution in [0.4, 0.5) is 0 Å². The maximum absolute atomic E-state index is 5.78. The van der Waals surface area contributed by atoms with Crippen LogP contribution in [-0.4, -0.2) is 50.1 Å². The molecule has 0 atom stereocenters. The van der Waals surface area contributed by atoms with E-state index in [0.717, 1.165) is 37.7 Å². The first-order valence-electron chi connectivity index (χ1n) is 6.41. The molecule has 1 saturated heterocycles. The number of likely N-dealkylation sites (N-methyl/N-ethyl adjacent to an activating group) is 1. The van der Waals surface area contributed by atoms with Gasteiger partial charge >= 0.3 is 0 Å². The summed E-state index contributed by atoms with van der Waals surface area (Å²) in [4.78, 5) is 4.88. The van der Waals surface area contributed by atoms with E-state index >= 15 is 0 Å². The molecule has 2 rings (SSSR count). The number of hydrogen-bond acceptors (Lipinski definition) is 4. The normalized spacial score (nSPS) is 19.4. The van der Waals surface area contributed by atoms with E-state index < -0.39 is 0 Å². The smallest absolute Gasteiger partial charge is 0.118 e. The summed E-state index contributed by atoms with van der Waals surface area (Å²) in [6.07, 6.45) is 1.25. The molecule has 0 unspecified atom stereocenters. The number of nitrogens with zero attached hydrogens (tertiary/aromatic N) is 2. The van der Waals surface area contributed by atoms with Gasteiger partial charge in [0.1, 0.15) is 11.5 Å². The van der Waals surface area contributed by atoms with Crippen LogP contribution in [0.15, 0.2) is 16.5 Å². The van der Waals surface area contributed by atoms with Gasteiger partial charge in [-0.2, -0.15) is 0 Å². The van der Waals surface area contributed by atoms with Crippen molar-refractivity contribution in [1.82, 2.24) is 15.1 Å². The van der Waals surface area contributed by atoms with Crippen molar-refractivity contribution in [3.63, 3.8) is 0 Å². The second-order valence-corrected chi connectivity index (χ2v) is 4.83. The summed E-state index contributed by atoms with van der Waals surface area (Å²) in [5, 5.41) is 3.10. The van der Waals surface area contributed by atoms with Crippen molar-refractivity contribution in [2.75, 3.05) is 40.3 Å². The number of furan rings is 1. The summed E-state index contributed by atoms with van der Waals surface area (Å²) >= 11 is 0. The van der Waals surface area contributed by atoms with E-state index in [1.54, 1.807) is 0 Å². The van der Waals surface area contributed by atoms with Gasteiger partial charge in [-0.3, -0.25) is 4.90 Å². The maximum Gasteiger partial charge on any atom is 0.118 e. The molecule has 1 fully saturated rings. The molecule has 0 amide bonds. The zero-order valence-electron chi connectivity index (χ0n) is 10.9. The molecule has 0 radical (unpaired) electrons. The lowest BCUT2D eigenvalue weighted by Crippen LogP contribution is -2.28. The van der Waals surface area contributed by atoms with Crippen LogP contribution in [0, 0.1) is 0 Å². The molecule has 96 valence electrons. The molecule has 2 heterocycles. The topological polar surface area (TPSA) is 31.6 Å². The third-order valence-electron chi connectivity index (χ3n) is 3.26. The van der Waals surface area contributed by atoms with Crippen molar-refractivity contribution in [1.29, 1.82) is 0 Å². The molecule has 1 aromatic rings. The van der Waals surface area contributed by atoms with Gasteiger partial charge in [0.05, 0.1) is 13.1 Å². The average Bonchev–Trinajstić information content (AvgIpc) is 2.63. The first kappa shape index (κ1) is 12.6. The Morgan fingerprint density at radius 3 is 2.82 bits per heavy atom. The van der Waals surface area contributed by atoms with E-state index in [1.807, 2.05) is 7.05 Å². The Bertz CT molecular complexity index is 337. The molecular formula is C13H23N3O. The average molecular weight is 237 g/mol. The number of hydrogen-bond donors (Lipinski definition) is 1. The first-order valence-corrected chi connectivity index (χ1v) is 6.41. The molecule has 1 aromatic heterocycles. The molecule has 1 aliphatic heterocycles. The quantitative estimate of drug-likeness (QED) is 0.851. The highest BCUT2D eigenvalue weighted by Gasteiger charge is 2.13. The Morgan fingerprint density at radius 2 is 2.00 bits per heavy atom. The molecule has 0 aromatic carbocycles. The summed E-state index contributed by atoms with van der Waals surface area (Å²) in [6.45, 7) is 6.43. The van der Waals surface area contributed by atoms with Gasteiger partial charge < -0.3 is 14.6 Å². The zero-order chi connectivity index (χ0) is 12.1. The standard InChI is InChI=1S/C13H23N3O/c1-14-10-12-4-5-13(17-12)11-16-7-3-6-15(2)8-9-16/h4-5,14H,3,6-11H2,1-2H3. The van der Waals surface area contributed by atoms with Gasteiger partial charge in [0.15, 0.2) is 0 Å². The highest BCUT2D eigenvalue weighted by molar-refractivity contribution is 5.07. The predicted molar refractivity (Wildman–Crippen MR) is 68.9 cm³/mol. The largest absolute Gasteiger partial charge is 0.463 e. The molecule has 4 heteroatoms. The fourth-order valence-electron chi connectivity index (χ4n) is 2.26. The molecule has 4 nitrogen and oxygen atoms in total. The monoisotopic (exact) mass is 237 g/mol. The minimum absolute atomic E-state index is 0.808. The highest BCUT2D eigenvalue weighted by atomic mass is 16.3. The molecular weight excluding hydrogens is 214 g/mol. The molecule has 1 aliphatic rings. The maximum atomic E-state index is 5.78. The van der Waals surface area contributed by atoms with Crippen molar-refractivity contribution in [2.24, 2.45) is 0 Å². The van der Waals surface area contributed by atoms with Gasteiger partial charge in [0.2, 0.25) is 0 Å². The Morgan fingerprint density at radius 1 is 1.18 bits per heavy atom. The summed E-state index contributed by atoms with van der Waals surface area (Å²) in [5.41, 5.74) is 0. The van der Waals surface area contributed by atoms with Gasteiger partial charge in [0.25, 0.3) is 0 Å². The molecule has 17 heavy (non-hydrogen) atoms. The van der Waals surface area contributed by atoms with Crippen LogP contribution in [0.25, 0.3) is 0 Å². The van der Waals surface area contributed by atoms with E-state index in [-0.39, 0.29) is 0 Å². The van der Waals surface area contributed by atoms with Crippen LogP contribution in [-0.2, 0) is 13.1 Å². The minimum Gasteiger partial charge on any atom is -0.463 e. The fourth-order valence-corrected chi connectivity index (χ4v) is 2.26. The number of nitrogens with one attached hydrogen (secondary N) is 1. The van der Waals surface area contributed by atoms with Crippen molar-refractivity contribution in [3.8, 4) is 0 Å². The molecule has 0 spiro atoms. The van der Waals surface area contributed by atoms with Gasteiger partial charge in [-0.15, -0.1) is 0 Å². The Balaban J connectivity index is 1.86. The summed E-state index contributed by atoms with van der Waals surface area (Å²) < 4.78 is 5.78. The van der Waals surface area contributed by atoms with Gasteiger partial charge in [0, 0.05) is 13.1 Å². The Hall–Kier alpha value is -0.840. The van der Waals surface area contributed by atoms with Gasteiger partial charge in [-0.25, -0.2) is 0 Å². The lowest BCUT2D eigenvalue weighted by Gasteiger charge is -2.18. The first-order chi connectivity index (χ1) is 8.28. The summed E-state index contributed by atoms with van der Waals surface area (Å²) in [6, 6.07) is 4.16. The Kier molecular flexibility index (Phi) is 4.59. The molecule has 1 N–H and O–H groups in total. The van der Waals surface area contributed by atoms with Crippen LogP contribution in [0.3, 0.4) is 0 Å². The lowest BCUT2D eigenvalue weighted by molar-refractivity contribution is 0.246. The van der Waals surface area contributed by atoms with E-state index in [4.69, 9.17) is 4.42 Å². The molecule has 0 saturated carbocycles. The van der Waals surface area contributed by atoms with Gasteiger partial charge in [-0.05, 0) is 45.7 Å².